The summed E-state index contributed by atoms with van der Waals surface area (Å²) in [5.74, 6) is 1.80. The number of benzene rings is 8. The molecule has 0 bridgehead atoms. The van der Waals surface area contributed by atoms with Gasteiger partial charge in [-0.25, -0.2) is 0 Å². The van der Waals surface area contributed by atoms with Crippen LogP contribution in [0.5, 0.6) is 11.5 Å². The molecule has 1 aromatic heterocycles. The summed E-state index contributed by atoms with van der Waals surface area (Å²) < 4.78 is 9.30. The summed E-state index contributed by atoms with van der Waals surface area (Å²) in [5.41, 5.74) is 13.7. The lowest BCUT2D eigenvalue weighted by Crippen LogP contribution is -2.32. The number of para-hydroxylation sites is 4. The van der Waals surface area contributed by atoms with Gasteiger partial charge in [-0.2, -0.15) is 0 Å². The quantitative estimate of drug-likeness (QED) is 0.186. The molecule has 244 valence electrons. The summed E-state index contributed by atoms with van der Waals surface area (Å²) in [6.07, 6.45) is 0. The highest BCUT2D eigenvalue weighted by atomic mass is 16.5. The number of hydrogen-bond acceptors (Lipinski definition) is 2. The van der Waals surface area contributed by atoms with Gasteiger partial charge in [-0.1, -0.05) is 121 Å². The molecule has 3 heteroatoms. The number of nitrogens with zero attached hydrogens (tertiary/aromatic N) is 2. The second kappa shape index (κ2) is 11.1. The van der Waals surface area contributed by atoms with E-state index < -0.39 is 5.41 Å². The van der Waals surface area contributed by atoms with Gasteiger partial charge < -0.3 is 14.2 Å². The lowest BCUT2D eigenvalue weighted by atomic mass is 9.66. The molecule has 0 saturated heterocycles. The predicted octanol–water partition coefficient (Wildman–Crippen LogP) is 12.7. The van der Waals surface area contributed by atoms with Crippen LogP contribution >= 0.6 is 0 Å². The number of rotatable bonds is 4. The third-order valence-electron chi connectivity index (χ3n) is 11.0. The molecule has 0 atom stereocenters. The molecular formula is C49H32N2O. The molecule has 1 aliphatic carbocycles. The molecule has 52 heavy (non-hydrogen) atoms. The SMILES string of the molecule is c1ccc(N(c2ccccc2)c2ccc(-n3c4ccccc4c4cc5c(cc43)C3(c4ccccc4O5)c4ccccc4-c4ccccc43)cc2)cc1. The van der Waals surface area contributed by atoms with Crippen LogP contribution in [0.2, 0.25) is 0 Å². The molecule has 1 aliphatic heterocycles. The van der Waals surface area contributed by atoms with Crippen molar-refractivity contribution in [2.45, 2.75) is 5.41 Å². The Kier molecular flexibility index (Phi) is 6.17. The van der Waals surface area contributed by atoms with E-state index >= 15 is 0 Å². The van der Waals surface area contributed by atoms with Crippen LogP contribution in [0.15, 0.2) is 194 Å². The molecule has 2 aliphatic rings. The van der Waals surface area contributed by atoms with E-state index in [9.17, 15) is 0 Å². The second-order valence-corrected chi connectivity index (χ2v) is 13.7. The molecule has 1 spiro atoms. The minimum absolute atomic E-state index is 0.525. The molecule has 9 aromatic rings. The van der Waals surface area contributed by atoms with Crippen molar-refractivity contribution in [2.75, 3.05) is 4.90 Å². The average Bonchev–Trinajstić information content (AvgIpc) is 3.69. The first-order valence-electron chi connectivity index (χ1n) is 17.9. The van der Waals surface area contributed by atoms with Gasteiger partial charge in [0.1, 0.15) is 11.5 Å². The number of hydrogen-bond donors (Lipinski definition) is 0. The molecule has 8 aromatic carbocycles. The molecular weight excluding hydrogens is 633 g/mol. The zero-order chi connectivity index (χ0) is 34.2. The zero-order valence-corrected chi connectivity index (χ0v) is 28.3. The van der Waals surface area contributed by atoms with Crippen LogP contribution in [-0.2, 0) is 5.41 Å². The Labute approximate surface area is 302 Å². The third kappa shape index (κ3) is 3.96. The number of ether oxygens (including phenoxy) is 1. The first-order chi connectivity index (χ1) is 25.8. The molecule has 11 rings (SSSR count). The lowest BCUT2D eigenvalue weighted by molar-refractivity contribution is 0.437. The number of aromatic nitrogens is 1. The van der Waals surface area contributed by atoms with Crippen LogP contribution in [0.3, 0.4) is 0 Å². The van der Waals surface area contributed by atoms with Gasteiger partial charge in [0.05, 0.1) is 16.4 Å². The molecule has 0 fully saturated rings. The van der Waals surface area contributed by atoms with Crippen molar-refractivity contribution < 1.29 is 4.74 Å². The molecule has 0 saturated carbocycles. The van der Waals surface area contributed by atoms with Gasteiger partial charge in [-0.3, -0.25) is 0 Å². The highest BCUT2D eigenvalue weighted by Gasteiger charge is 2.51. The monoisotopic (exact) mass is 664 g/mol. The van der Waals surface area contributed by atoms with Crippen molar-refractivity contribution in [3.8, 4) is 28.3 Å². The van der Waals surface area contributed by atoms with Gasteiger partial charge in [0.2, 0.25) is 0 Å². The van der Waals surface area contributed by atoms with E-state index in [1.807, 2.05) is 0 Å². The van der Waals surface area contributed by atoms with E-state index in [0.29, 0.717) is 0 Å². The summed E-state index contributed by atoms with van der Waals surface area (Å²) >= 11 is 0. The highest BCUT2D eigenvalue weighted by molar-refractivity contribution is 6.10. The third-order valence-corrected chi connectivity index (χ3v) is 11.0. The van der Waals surface area contributed by atoms with Crippen molar-refractivity contribution in [2.24, 2.45) is 0 Å². The summed E-state index contributed by atoms with van der Waals surface area (Å²) in [4.78, 5) is 2.31. The van der Waals surface area contributed by atoms with Crippen molar-refractivity contribution >= 4 is 38.9 Å². The summed E-state index contributed by atoms with van der Waals surface area (Å²) in [7, 11) is 0. The Balaban J connectivity index is 1.16. The van der Waals surface area contributed by atoms with Gasteiger partial charge in [0.25, 0.3) is 0 Å². The fourth-order valence-corrected chi connectivity index (χ4v) is 8.95. The van der Waals surface area contributed by atoms with Crippen molar-refractivity contribution in [3.63, 3.8) is 0 Å². The van der Waals surface area contributed by atoms with E-state index in [2.05, 4.69) is 204 Å². The Morgan fingerprint density at radius 3 is 1.60 bits per heavy atom. The molecule has 2 heterocycles. The fraction of sp³-hybridized carbons (Fsp3) is 0.0204. The Hall–Kier alpha value is -6.84. The molecule has 0 unspecified atom stereocenters. The maximum absolute atomic E-state index is 6.88. The van der Waals surface area contributed by atoms with Crippen LogP contribution in [0.1, 0.15) is 22.3 Å². The maximum Gasteiger partial charge on any atom is 0.133 e. The van der Waals surface area contributed by atoms with Crippen molar-refractivity contribution in [3.05, 3.63) is 216 Å². The normalized spacial score (nSPS) is 13.3. The average molecular weight is 665 g/mol. The van der Waals surface area contributed by atoms with E-state index in [1.54, 1.807) is 0 Å². The molecule has 0 amide bonds. The fourth-order valence-electron chi connectivity index (χ4n) is 8.95. The standard InChI is InChI=1S/C49H32N2O/c1-3-15-33(16-4-1)50(34-17-5-2-6-18-34)35-27-29-36(30-28-35)51-45-25-13-9-21-39(45)40-31-48-44(32-46(40)51)49(43-24-12-14-26-47(43)52-48)41-22-10-7-19-37(41)38-20-8-11-23-42(38)49/h1-32H. The van der Waals surface area contributed by atoms with Crippen LogP contribution in [-0.4, -0.2) is 4.57 Å². The highest BCUT2D eigenvalue weighted by Crippen LogP contribution is 2.62. The second-order valence-electron chi connectivity index (χ2n) is 13.7. The van der Waals surface area contributed by atoms with E-state index in [4.69, 9.17) is 4.74 Å². The van der Waals surface area contributed by atoms with Crippen LogP contribution < -0.4 is 9.64 Å². The summed E-state index contributed by atoms with van der Waals surface area (Å²) in [6.45, 7) is 0. The first kappa shape index (κ1) is 28.9. The number of anilines is 3. The van der Waals surface area contributed by atoms with Crippen LogP contribution in [0.4, 0.5) is 17.1 Å². The van der Waals surface area contributed by atoms with Gasteiger partial charge in [-0.05, 0) is 95.1 Å². The summed E-state index contributed by atoms with van der Waals surface area (Å²) in [6, 6.07) is 69.9. The lowest BCUT2D eigenvalue weighted by Gasteiger charge is -2.39. The molecule has 0 radical (unpaired) electrons. The van der Waals surface area contributed by atoms with E-state index in [0.717, 1.165) is 50.8 Å². The molecule has 0 N–H and O–H groups in total. The predicted molar refractivity (Wildman–Crippen MR) is 213 cm³/mol. The smallest absolute Gasteiger partial charge is 0.133 e. The largest absolute Gasteiger partial charge is 0.457 e. The van der Waals surface area contributed by atoms with Gasteiger partial charge in [-0.15, -0.1) is 0 Å². The Morgan fingerprint density at radius 2 is 0.923 bits per heavy atom. The van der Waals surface area contributed by atoms with Crippen LogP contribution in [0, 0.1) is 0 Å². The first-order valence-corrected chi connectivity index (χ1v) is 17.9. The van der Waals surface area contributed by atoms with Crippen molar-refractivity contribution in [1.29, 1.82) is 0 Å². The molecule has 3 nitrogen and oxygen atoms in total. The minimum Gasteiger partial charge on any atom is -0.457 e. The number of fused-ring (bicyclic) bond motifs is 12. The van der Waals surface area contributed by atoms with E-state index in [1.165, 1.54) is 38.6 Å². The topological polar surface area (TPSA) is 17.4 Å². The van der Waals surface area contributed by atoms with Crippen molar-refractivity contribution in [1.82, 2.24) is 4.57 Å². The van der Waals surface area contributed by atoms with Crippen LogP contribution in [0.25, 0.3) is 38.6 Å². The van der Waals surface area contributed by atoms with E-state index in [-0.39, 0.29) is 0 Å². The minimum atomic E-state index is -0.525. The Morgan fingerprint density at radius 1 is 0.385 bits per heavy atom. The zero-order valence-electron chi connectivity index (χ0n) is 28.3. The van der Waals surface area contributed by atoms with Gasteiger partial charge >= 0.3 is 0 Å². The van der Waals surface area contributed by atoms with Gasteiger partial charge in [0, 0.05) is 44.6 Å². The van der Waals surface area contributed by atoms with Gasteiger partial charge in [0.15, 0.2) is 0 Å². The maximum atomic E-state index is 6.88. The summed E-state index contributed by atoms with van der Waals surface area (Å²) in [5, 5.41) is 2.37. The Bertz CT molecular complexity index is 2730.